The number of H-pyrrole nitrogens is 1. The number of aromatic amines is 1. The molecule has 0 unspecified atom stereocenters. The van der Waals surface area contributed by atoms with Crippen LogP contribution < -0.4 is 4.72 Å². The summed E-state index contributed by atoms with van der Waals surface area (Å²) in [5.41, 5.74) is 1.86. The van der Waals surface area contributed by atoms with Crippen LogP contribution in [0.3, 0.4) is 0 Å². The minimum atomic E-state index is -4.08. The van der Waals surface area contributed by atoms with E-state index >= 15 is 0 Å². The van der Waals surface area contributed by atoms with Crippen LogP contribution in [0.5, 0.6) is 0 Å². The summed E-state index contributed by atoms with van der Waals surface area (Å²) in [6.07, 6.45) is 0. The molecule has 2 aromatic carbocycles. The highest BCUT2D eigenvalue weighted by Crippen LogP contribution is 2.22. The summed E-state index contributed by atoms with van der Waals surface area (Å²) in [6.45, 7) is 0.532. The molecule has 0 fully saturated rings. The molecule has 0 atom stereocenters. The number of hydrogen-bond donors (Lipinski definition) is 2. The number of carbonyl (C=O) groups is 2. The lowest BCUT2D eigenvalue weighted by molar-refractivity contribution is -0.141. The van der Waals surface area contributed by atoms with Gasteiger partial charge in [0.05, 0.1) is 4.90 Å². The topological polar surface area (TPSA) is 105 Å². The quantitative estimate of drug-likeness (QED) is 0.464. The average molecular weight is 404 g/mol. The standard InChI is InChI=1S/C19H17FN2O5S/c1-12-19(15-7-2-3-8-16(15)22-12)17(23)11-27-18(24)10-21-28(25,26)14-6-4-5-13(20)9-14/h2-9,21-22H,10-11H2,1H3. The number of sulfonamides is 1. The summed E-state index contributed by atoms with van der Waals surface area (Å²) in [5, 5.41) is 0.716. The molecule has 1 heterocycles. The van der Waals surface area contributed by atoms with E-state index in [-0.39, 0.29) is 4.90 Å². The van der Waals surface area contributed by atoms with Crippen molar-refractivity contribution >= 4 is 32.7 Å². The molecule has 0 bridgehead atoms. The van der Waals surface area contributed by atoms with E-state index in [4.69, 9.17) is 4.74 Å². The molecule has 0 saturated heterocycles. The molecule has 1 aromatic heterocycles. The molecular weight excluding hydrogens is 387 g/mol. The Bertz CT molecular complexity index is 1150. The first-order chi connectivity index (χ1) is 13.3. The Hall–Kier alpha value is -3.04. The van der Waals surface area contributed by atoms with Crippen LogP contribution in [0.25, 0.3) is 10.9 Å². The number of halogens is 1. The van der Waals surface area contributed by atoms with E-state index in [1.165, 1.54) is 12.1 Å². The molecule has 0 radical (unpaired) electrons. The van der Waals surface area contributed by atoms with E-state index in [9.17, 15) is 22.4 Å². The van der Waals surface area contributed by atoms with Crippen LogP contribution in [0.1, 0.15) is 16.1 Å². The first-order valence-corrected chi connectivity index (χ1v) is 9.77. The van der Waals surface area contributed by atoms with E-state index < -0.39 is 40.7 Å². The van der Waals surface area contributed by atoms with Crippen molar-refractivity contribution in [3.8, 4) is 0 Å². The van der Waals surface area contributed by atoms with Crippen molar-refractivity contribution in [2.45, 2.75) is 11.8 Å². The number of nitrogens with one attached hydrogen (secondary N) is 2. The third kappa shape index (κ3) is 4.26. The highest BCUT2D eigenvalue weighted by Gasteiger charge is 2.19. The maximum atomic E-state index is 13.2. The van der Waals surface area contributed by atoms with Gasteiger partial charge in [0.15, 0.2) is 6.61 Å². The Morgan fingerprint density at radius 1 is 1.14 bits per heavy atom. The normalized spacial score (nSPS) is 11.5. The zero-order valence-corrected chi connectivity index (χ0v) is 15.7. The van der Waals surface area contributed by atoms with Gasteiger partial charge in [-0.15, -0.1) is 0 Å². The number of Topliss-reactive ketones (excluding diaryl/α,β-unsaturated/α-hetero) is 1. The van der Waals surface area contributed by atoms with Gasteiger partial charge in [0.25, 0.3) is 0 Å². The predicted octanol–water partition coefficient (Wildman–Crippen LogP) is 2.32. The van der Waals surface area contributed by atoms with Crippen molar-refractivity contribution in [1.82, 2.24) is 9.71 Å². The zero-order valence-electron chi connectivity index (χ0n) is 14.9. The summed E-state index contributed by atoms with van der Waals surface area (Å²) in [7, 11) is -4.08. The van der Waals surface area contributed by atoms with Gasteiger partial charge in [0.1, 0.15) is 12.4 Å². The van der Waals surface area contributed by atoms with Crippen molar-refractivity contribution in [1.29, 1.82) is 0 Å². The molecule has 0 amide bonds. The lowest BCUT2D eigenvalue weighted by Gasteiger charge is -2.07. The van der Waals surface area contributed by atoms with E-state index in [0.29, 0.717) is 16.6 Å². The van der Waals surface area contributed by atoms with Gasteiger partial charge in [0, 0.05) is 22.2 Å². The van der Waals surface area contributed by atoms with Gasteiger partial charge in [-0.05, 0) is 31.2 Å². The number of carbonyl (C=O) groups excluding carboxylic acids is 2. The van der Waals surface area contributed by atoms with E-state index in [2.05, 4.69) is 4.98 Å². The fourth-order valence-electron chi connectivity index (χ4n) is 2.78. The first kappa shape index (κ1) is 19.7. The number of benzene rings is 2. The van der Waals surface area contributed by atoms with Gasteiger partial charge >= 0.3 is 5.97 Å². The second-order valence-corrected chi connectivity index (χ2v) is 7.80. The molecule has 28 heavy (non-hydrogen) atoms. The molecule has 0 aliphatic carbocycles. The number of para-hydroxylation sites is 1. The third-order valence-corrected chi connectivity index (χ3v) is 5.45. The first-order valence-electron chi connectivity index (χ1n) is 8.29. The van der Waals surface area contributed by atoms with Crippen LogP contribution in [-0.2, 0) is 19.6 Å². The Labute approximate surface area is 160 Å². The van der Waals surface area contributed by atoms with E-state index in [1.54, 1.807) is 19.1 Å². The Kier molecular flexibility index (Phi) is 5.57. The van der Waals surface area contributed by atoms with Crippen molar-refractivity contribution < 1.29 is 27.1 Å². The fourth-order valence-corrected chi connectivity index (χ4v) is 3.78. The number of ketones is 1. The number of rotatable bonds is 7. The summed E-state index contributed by atoms with van der Waals surface area (Å²) < 4.78 is 44.2. The second kappa shape index (κ2) is 7.91. The molecule has 146 valence electrons. The fraction of sp³-hybridized carbons (Fsp3) is 0.158. The maximum absolute atomic E-state index is 13.2. The summed E-state index contributed by atoms with van der Waals surface area (Å²) in [4.78, 5) is 27.0. The van der Waals surface area contributed by atoms with Crippen LogP contribution in [0, 0.1) is 12.7 Å². The molecule has 7 nitrogen and oxygen atoms in total. The number of hydrogen-bond acceptors (Lipinski definition) is 5. The van der Waals surface area contributed by atoms with Crippen molar-refractivity contribution in [2.75, 3.05) is 13.2 Å². The van der Waals surface area contributed by atoms with Crippen molar-refractivity contribution in [3.63, 3.8) is 0 Å². The van der Waals surface area contributed by atoms with Crippen LogP contribution in [0.2, 0.25) is 0 Å². The molecule has 0 saturated carbocycles. The predicted molar refractivity (Wildman–Crippen MR) is 99.9 cm³/mol. The van der Waals surface area contributed by atoms with Gasteiger partial charge in [-0.25, -0.2) is 12.8 Å². The number of aryl methyl sites for hydroxylation is 1. The van der Waals surface area contributed by atoms with Gasteiger partial charge in [0.2, 0.25) is 15.8 Å². The van der Waals surface area contributed by atoms with Gasteiger partial charge in [-0.3, -0.25) is 9.59 Å². The zero-order chi connectivity index (χ0) is 20.3. The Morgan fingerprint density at radius 3 is 2.64 bits per heavy atom. The molecule has 0 aliphatic rings. The van der Waals surface area contributed by atoms with Crippen LogP contribution >= 0.6 is 0 Å². The average Bonchev–Trinajstić information content (AvgIpc) is 3.00. The summed E-state index contributed by atoms with van der Waals surface area (Å²) in [6, 6.07) is 11.6. The number of ether oxygens (including phenoxy) is 1. The minimum absolute atomic E-state index is 0.314. The lowest BCUT2D eigenvalue weighted by Crippen LogP contribution is -2.31. The van der Waals surface area contributed by atoms with Crippen LogP contribution in [0.15, 0.2) is 53.4 Å². The highest BCUT2D eigenvalue weighted by atomic mass is 32.2. The molecule has 9 heteroatoms. The Morgan fingerprint density at radius 2 is 1.89 bits per heavy atom. The lowest BCUT2D eigenvalue weighted by atomic mass is 10.1. The third-order valence-electron chi connectivity index (χ3n) is 4.05. The second-order valence-electron chi connectivity index (χ2n) is 6.04. The van der Waals surface area contributed by atoms with Gasteiger partial charge < -0.3 is 9.72 Å². The SMILES string of the molecule is Cc1[nH]c2ccccc2c1C(=O)COC(=O)CNS(=O)(=O)c1cccc(F)c1. The van der Waals surface area contributed by atoms with Crippen molar-refractivity contribution in [3.05, 3.63) is 65.6 Å². The van der Waals surface area contributed by atoms with Crippen LogP contribution in [0.4, 0.5) is 4.39 Å². The summed E-state index contributed by atoms with van der Waals surface area (Å²) in [5.74, 6) is -2.05. The number of fused-ring (bicyclic) bond motifs is 1. The smallest absolute Gasteiger partial charge is 0.321 e. The van der Waals surface area contributed by atoms with Gasteiger partial charge in [-0.2, -0.15) is 4.72 Å². The molecule has 0 spiro atoms. The molecule has 3 rings (SSSR count). The van der Waals surface area contributed by atoms with Gasteiger partial charge in [-0.1, -0.05) is 24.3 Å². The molecular formula is C19H17FN2O5S. The van der Waals surface area contributed by atoms with E-state index in [0.717, 1.165) is 17.6 Å². The maximum Gasteiger partial charge on any atom is 0.321 e. The largest absolute Gasteiger partial charge is 0.456 e. The Balaban J connectivity index is 1.60. The van der Waals surface area contributed by atoms with Crippen LogP contribution in [-0.4, -0.2) is 38.3 Å². The molecule has 3 aromatic rings. The molecule has 0 aliphatic heterocycles. The minimum Gasteiger partial charge on any atom is -0.456 e. The number of esters is 1. The van der Waals surface area contributed by atoms with Crippen molar-refractivity contribution in [2.24, 2.45) is 0 Å². The highest BCUT2D eigenvalue weighted by molar-refractivity contribution is 7.89. The molecule has 2 N–H and O–H groups in total. The number of aromatic nitrogens is 1. The monoisotopic (exact) mass is 404 g/mol. The summed E-state index contributed by atoms with van der Waals surface area (Å²) >= 11 is 0. The van der Waals surface area contributed by atoms with E-state index in [1.807, 2.05) is 16.9 Å².